The topological polar surface area (TPSA) is 87.0 Å². The minimum atomic E-state index is -0.595. The minimum Gasteiger partial charge on any atom is -0.508 e. The molecule has 1 aliphatic rings. The van der Waals surface area contributed by atoms with Crippen molar-refractivity contribution in [1.82, 2.24) is 0 Å². The number of aromatic hydroxyl groups is 3. The van der Waals surface area contributed by atoms with Crippen molar-refractivity contribution >= 4 is 5.78 Å². The first-order valence-electron chi connectivity index (χ1n) is 9.98. The van der Waals surface area contributed by atoms with Crippen molar-refractivity contribution in [3.05, 3.63) is 58.7 Å². The van der Waals surface area contributed by atoms with Gasteiger partial charge in [0, 0.05) is 17.2 Å². The molecule has 0 fully saturated rings. The Morgan fingerprint density at radius 1 is 1.21 bits per heavy atom. The summed E-state index contributed by atoms with van der Waals surface area (Å²) in [5.74, 6) is 0.494. The zero-order chi connectivity index (χ0) is 21.1. The van der Waals surface area contributed by atoms with Gasteiger partial charge in [0.2, 0.25) is 0 Å². The van der Waals surface area contributed by atoms with E-state index in [1.165, 1.54) is 23.8 Å². The summed E-state index contributed by atoms with van der Waals surface area (Å²) in [7, 11) is 0. The number of hydrogen-bond acceptors (Lipinski definition) is 5. The monoisotopic (exact) mass is 396 g/mol. The maximum atomic E-state index is 12.6. The van der Waals surface area contributed by atoms with Gasteiger partial charge in [-0.15, -0.1) is 0 Å². The number of Topliss-reactive ketones (excluding diaryl/α,β-unsaturated/α-hetero) is 1. The molecule has 154 valence electrons. The summed E-state index contributed by atoms with van der Waals surface area (Å²) in [5, 5.41) is 30.2. The van der Waals surface area contributed by atoms with Crippen LogP contribution >= 0.6 is 0 Å². The van der Waals surface area contributed by atoms with E-state index in [1.807, 2.05) is 6.08 Å². The van der Waals surface area contributed by atoms with E-state index in [-0.39, 0.29) is 29.5 Å². The van der Waals surface area contributed by atoms with E-state index in [2.05, 4.69) is 20.8 Å². The molecule has 0 saturated heterocycles. The van der Waals surface area contributed by atoms with Gasteiger partial charge in [-0.3, -0.25) is 4.79 Å². The zero-order valence-corrected chi connectivity index (χ0v) is 17.1. The van der Waals surface area contributed by atoms with Crippen LogP contribution in [0.1, 0.15) is 67.6 Å². The standard InChI is InChI=1S/C24H28O5/c1-14(2)4-5-15(3)6-8-18-17(10-11-20(26)24(18)28)23-13-21(27)19-9-7-16(25)12-22(19)29-23/h6-7,9-12,14,23,25-26,28H,4-5,8,13H2,1-3H3. The average Bonchev–Trinajstić information content (AvgIpc) is 2.66. The lowest BCUT2D eigenvalue weighted by Crippen LogP contribution is -2.21. The number of fused-ring (bicyclic) bond motifs is 1. The van der Waals surface area contributed by atoms with Crippen molar-refractivity contribution in [2.75, 3.05) is 0 Å². The summed E-state index contributed by atoms with van der Waals surface area (Å²) in [5.41, 5.74) is 2.86. The van der Waals surface area contributed by atoms with Gasteiger partial charge in [0.1, 0.15) is 17.6 Å². The van der Waals surface area contributed by atoms with Crippen LogP contribution in [0.5, 0.6) is 23.0 Å². The number of rotatable bonds is 6. The molecule has 2 aromatic rings. The van der Waals surface area contributed by atoms with Crippen LogP contribution in [0.4, 0.5) is 0 Å². The molecular formula is C24H28O5. The summed E-state index contributed by atoms with van der Waals surface area (Å²) >= 11 is 0. The smallest absolute Gasteiger partial charge is 0.170 e. The number of phenols is 3. The number of ether oxygens (including phenoxy) is 1. The fourth-order valence-electron chi connectivity index (χ4n) is 3.54. The lowest BCUT2D eigenvalue weighted by Gasteiger charge is -2.27. The van der Waals surface area contributed by atoms with Gasteiger partial charge >= 0.3 is 0 Å². The Hall–Kier alpha value is -2.95. The SMILES string of the molecule is CC(=CCc1c(C2CC(=O)c3ccc(O)cc3O2)ccc(O)c1O)CCC(C)C. The third-order valence-electron chi connectivity index (χ3n) is 5.32. The Bertz CT molecular complexity index is 943. The molecule has 1 heterocycles. The molecule has 3 rings (SSSR count). The maximum absolute atomic E-state index is 12.6. The molecule has 0 spiro atoms. The number of hydrogen-bond donors (Lipinski definition) is 3. The third-order valence-corrected chi connectivity index (χ3v) is 5.32. The summed E-state index contributed by atoms with van der Waals surface area (Å²) in [6, 6.07) is 7.54. The molecule has 0 aromatic heterocycles. The fraction of sp³-hybridized carbons (Fsp3) is 0.375. The van der Waals surface area contributed by atoms with Gasteiger partial charge in [-0.05, 0) is 50.3 Å². The van der Waals surface area contributed by atoms with E-state index in [1.54, 1.807) is 12.1 Å². The van der Waals surface area contributed by atoms with Crippen LogP contribution in [0.15, 0.2) is 42.0 Å². The Balaban J connectivity index is 1.91. The van der Waals surface area contributed by atoms with Crippen LogP contribution in [0, 0.1) is 5.92 Å². The Kier molecular flexibility index (Phi) is 6.16. The number of benzene rings is 2. The van der Waals surface area contributed by atoms with Crippen molar-refractivity contribution in [2.24, 2.45) is 5.92 Å². The van der Waals surface area contributed by atoms with Crippen LogP contribution in [0.3, 0.4) is 0 Å². The second-order valence-corrected chi connectivity index (χ2v) is 8.10. The van der Waals surface area contributed by atoms with E-state index in [0.717, 1.165) is 12.8 Å². The van der Waals surface area contributed by atoms with E-state index in [9.17, 15) is 20.1 Å². The number of carbonyl (C=O) groups is 1. The van der Waals surface area contributed by atoms with E-state index >= 15 is 0 Å². The van der Waals surface area contributed by atoms with E-state index < -0.39 is 6.10 Å². The largest absolute Gasteiger partial charge is 0.508 e. The molecule has 0 aliphatic carbocycles. The first kappa shape index (κ1) is 20.8. The van der Waals surface area contributed by atoms with Crippen molar-refractivity contribution in [2.45, 2.75) is 52.6 Å². The highest BCUT2D eigenvalue weighted by Gasteiger charge is 2.30. The number of ketones is 1. The van der Waals surface area contributed by atoms with Crippen molar-refractivity contribution < 1.29 is 24.9 Å². The Morgan fingerprint density at radius 2 is 1.97 bits per heavy atom. The average molecular weight is 396 g/mol. The highest BCUT2D eigenvalue weighted by molar-refractivity contribution is 6.00. The van der Waals surface area contributed by atoms with E-state index in [4.69, 9.17) is 4.74 Å². The summed E-state index contributed by atoms with van der Waals surface area (Å²) in [6.07, 6.45) is 4.07. The predicted octanol–water partition coefficient (Wildman–Crippen LogP) is 5.43. The molecule has 3 N–H and O–H groups in total. The van der Waals surface area contributed by atoms with Crippen LogP contribution < -0.4 is 4.74 Å². The summed E-state index contributed by atoms with van der Waals surface area (Å²) in [6.45, 7) is 6.42. The highest BCUT2D eigenvalue weighted by atomic mass is 16.5. The molecular weight excluding hydrogens is 368 g/mol. The molecule has 0 bridgehead atoms. The molecule has 1 aliphatic heterocycles. The van der Waals surface area contributed by atoms with Gasteiger partial charge in [0.15, 0.2) is 17.3 Å². The van der Waals surface area contributed by atoms with Gasteiger partial charge in [0.25, 0.3) is 0 Å². The summed E-state index contributed by atoms with van der Waals surface area (Å²) in [4.78, 5) is 12.6. The van der Waals surface area contributed by atoms with Crippen molar-refractivity contribution in [3.63, 3.8) is 0 Å². The first-order chi connectivity index (χ1) is 13.8. The minimum absolute atomic E-state index is 0.0229. The van der Waals surface area contributed by atoms with Gasteiger partial charge < -0.3 is 20.1 Å². The molecule has 0 saturated carbocycles. The highest BCUT2D eigenvalue weighted by Crippen LogP contribution is 2.41. The van der Waals surface area contributed by atoms with Crippen LogP contribution in [0.2, 0.25) is 0 Å². The fourth-order valence-corrected chi connectivity index (χ4v) is 3.54. The molecule has 0 radical (unpaired) electrons. The van der Waals surface area contributed by atoms with Crippen molar-refractivity contribution in [1.29, 1.82) is 0 Å². The Labute approximate surface area is 171 Å². The van der Waals surface area contributed by atoms with Crippen molar-refractivity contribution in [3.8, 4) is 23.0 Å². The molecule has 1 unspecified atom stereocenters. The van der Waals surface area contributed by atoms with Gasteiger partial charge in [-0.25, -0.2) is 0 Å². The van der Waals surface area contributed by atoms with Crippen LogP contribution in [-0.4, -0.2) is 21.1 Å². The zero-order valence-electron chi connectivity index (χ0n) is 17.1. The van der Waals surface area contributed by atoms with Crippen LogP contribution in [0.25, 0.3) is 0 Å². The number of phenolic OH excluding ortho intramolecular Hbond substituents is 3. The van der Waals surface area contributed by atoms with Gasteiger partial charge in [0.05, 0.1) is 12.0 Å². The molecule has 2 aromatic carbocycles. The normalized spacial score (nSPS) is 16.6. The molecule has 5 heteroatoms. The molecule has 1 atom stereocenters. The first-order valence-corrected chi connectivity index (χ1v) is 9.98. The maximum Gasteiger partial charge on any atom is 0.170 e. The second-order valence-electron chi connectivity index (χ2n) is 8.10. The Morgan fingerprint density at radius 3 is 2.69 bits per heavy atom. The lowest BCUT2D eigenvalue weighted by molar-refractivity contribution is 0.0848. The molecule has 5 nitrogen and oxygen atoms in total. The lowest BCUT2D eigenvalue weighted by atomic mass is 9.91. The number of carbonyl (C=O) groups excluding carboxylic acids is 1. The van der Waals surface area contributed by atoms with E-state index in [0.29, 0.717) is 34.8 Å². The van der Waals surface area contributed by atoms with Gasteiger partial charge in [-0.1, -0.05) is 31.6 Å². The third kappa shape index (κ3) is 4.73. The summed E-state index contributed by atoms with van der Waals surface area (Å²) < 4.78 is 6.00. The van der Waals surface area contributed by atoms with Crippen LogP contribution in [-0.2, 0) is 6.42 Å². The van der Waals surface area contributed by atoms with Gasteiger partial charge in [-0.2, -0.15) is 0 Å². The number of allylic oxidation sites excluding steroid dienone is 2. The second kappa shape index (κ2) is 8.60. The quantitative estimate of drug-likeness (QED) is 0.447. The molecule has 29 heavy (non-hydrogen) atoms. The predicted molar refractivity (Wildman–Crippen MR) is 112 cm³/mol. The molecule has 0 amide bonds.